The predicted molar refractivity (Wildman–Crippen MR) is 97.2 cm³/mol. The van der Waals surface area contributed by atoms with E-state index in [2.05, 4.69) is 49.4 Å². The van der Waals surface area contributed by atoms with E-state index in [0.29, 0.717) is 0 Å². The molecular formula is C22H16O2. The summed E-state index contributed by atoms with van der Waals surface area (Å²) in [4.78, 5) is 0. The van der Waals surface area contributed by atoms with E-state index >= 15 is 0 Å². The molecule has 0 saturated carbocycles. The topological polar surface area (TPSA) is 22.4 Å². The summed E-state index contributed by atoms with van der Waals surface area (Å²) in [6, 6.07) is 22.6. The highest BCUT2D eigenvalue weighted by Crippen LogP contribution is 2.41. The highest BCUT2D eigenvalue weighted by atomic mass is 16.5. The Morgan fingerprint density at radius 3 is 2.46 bits per heavy atom. The van der Waals surface area contributed by atoms with Crippen molar-refractivity contribution in [3.63, 3.8) is 0 Å². The van der Waals surface area contributed by atoms with E-state index in [9.17, 15) is 0 Å². The van der Waals surface area contributed by atoms with Crippen molar-refractivity contribution in [2.45, 2.75) is 12.5 Å². The van der Waals surface area contributed by atoms with Crippen LogP contribution in [0.3, 0.4) is 0 Å². The van der Waals surface area contributed by atoms with Crippen molar-refractivity contribution in [3.8, 4) is 5.75 Å². The molecule has 1 unspecified atom stereocenters. The van der Waals surface area contributed by atoms with E-state index < -0.39 is 5.60 Å². The normalized spacial score (nSPS) is 19.4. The Morgan fingerprint density at radius 2 is 1.58 bits per heavy atom. The number of rotatable bonds is 1. The first kappa shape index (κ1) is 13.4. The number of para-hydroxylation sites is 1. The first-order chi connectivity index (χ1) is 11.7. The molecule has 4 aromatic rings. The molecule has 116 valence electrons. The minimum absolute atomic E-state index is 0.457. The largest absolute Gasteiger partial charge is 0.478 e. The van der Waals surface area contributed by atoms with Crippen LogP contribution in [0.4, 0.5) is 0 Å². The molecule has 0 bridgehead atoms. The van der Waals surface area contributed by atoms with Crippen LogP contribution in [0.15, 0.2) is 77.2 Å². The van der Waals surface area contributed by atoms with Crippen LogP contribution in [0.5, 0.6) is 5.75 Å². The minimum atomic E-state index is -0.457. The summed E-state index contributed by atoms with van der Waals surface area (Å²) in [5, 5.41) is 2.21. The lowest BCUT2D eigenvalue weighted by Crippen LogP contribution is -2.28. The zero-order valence-corrected chi connectivity index (χ0v) is 13.3. The van der Waals surface area contributed by atoms with E-state index in [1.54, 1.807) is 0 Å². The van der Waals surface area contributed by atoms with Crippen LogP contribution in [-0.2, 0) is 5.60 Å². The van der Waals surface area contributed by atoms with Gasteiger partial charge in [-0.2, -0.15) is 0 Å². The Balaban J connectivity index is 1.69. The van der Waals surface area contributed by atoms with Gasteiger partial charge in [-0.15, -0.1) is 0 Å². The molecule has 1 aromatic heterocycles. The lowest BCUT2D eigenvalue weighted by molar-refractivity contribution is 0.138. The van der Waals surface area contributed by atoms with E-state index in [1.165, 1.54) is 0 Å². The van der Waals surface area contributed by atoms with Gasteiger partial charge in [0.05, 0.1) is 0 Å². The van der Waals surface area contributed by atoms with Crippen LogP contribution in [0.1, 0.15) is 18.1 Å². The molecule has 5 rings (SSSR count). The molecule has 0 spiro atoms. The molecule has 1 atom stereocenters. The number of ether oxygens (including phenoxy) is 1. The average Bonchev–Trinajstić information content (AvgIpc) is 2.98. The molecular weight excluding hydrogens is 296 g/mol. The van der Waals surface area contributed by atoms with Gasteiger partial charge in [0.1, 0.15) is 22.5 Å². The van der Waals surface area contributed by atoms with Crippen LogP contribution in [0, 0.1) is 0 Å². The van der Waals surface area contributed by atoms with Gasteiger partial charge >= 0.3 is 0 Å². The highest BCUT2D eigenvalue weighted by molar-refractivity contribution is 6.06. The fourth-order valence-electron chi connectivity index (χ4n) is 3.42. The van der Waals surface area contributed by atoms with E-state index in [-0.39, 0.29) is 0 Å². The molecule has 0 amide bonds. The Kier molecular flexibility index (Phi) is 2.66. The lowest BCUT2D eigenvalue weighted by atomic mass is 9.92. The molecule has 0 radical (unpaired) electrons. The van der Waals surface area contributed by atoms with Gasteiger partial charge in [-0.25, -0.2) is 0 Å². The fourth-order valence-corrected chi connectivity index (χ4v) is 3.42. The van der Waals surface area contributed by atoms with Gasteiger partial charge in [-0.1, -0.05) is 54.6 Å². The molecule has 24 heavy (non-hydrogen) atoms. The second-order valence-electron chi connectivity index (χ2n) is 6.39. The quantitative estimate of drug-likeness (QED) is 0.436. The summed E-state index contributed by atoms with van der Waals surface area (Å²) >= 11 is 0. The summed E-state index contributed by atoms with van der Waals surface area (Å²) in [5.74, 6) is 0.892. The number of furan rings is 1. The third-order valence-corrected chi connectivity index (χ3v) is 4.76. The van der Waals surface area contributed by atoms with Gasteiger partial charge in [0.25, 0.3) is 0 Å². The fraction of sp³-hybridized carbons (Fsp3) is 0.0909. The maximum absolute atomic E-state index is 6.40. The van der Waals surface area contributed by atoms with Crippen molar-refractivity contribution in [2.24, 2.45) is 0 Å². The molecule has 0 fully saturated rings. The molecule has 0 N–H and O–H groups in total. The van der Waals surface area contributed by atoms with Crippen molar-refractivity contribution < 1.29 is 9.15 Å². The number of fused-ring (bicyclic) bond motifs is 4. The monoisotopic (exact) mass is 312 g/mol. The number of hydrogen-bond donors (Lipinski definition) is 0. The maximum atomic E-state index is 6.40. The van der Waals surface area contributed by atoms with E-state index in [4.69, 9.17) is 9.15 Å². The molecule has 2 heteroatoms. The zero-order chi connectivity index (χ0) is 16.1. The number of benzene rings is 3. The second kappa shape index (κ2) is 4.75. The maximum Gasteiger partial charge on any atom is 0.150 e. The van der Waals surface area contributed by atoms with Gasteiger partial charge in [0, 0.05) is 16.3 Å². The zero-order valence-electron chi connectivity index (χ0n) is 13.3. The summed E-state index contributed by atoms with van der Waals surface area (Å²) in [6.07, 6.45) is 4.23. The van der Waals surface area contributed by atoms with Gasteiger partial charge < -0.3 is 9.15 Å². The Bertz CT molecular complexity index is 1090. The van der Waals surface area contributed by atoms with Crippen LogP contribution in [0.25, 0.3) is 28.0 Å². The smallest absolute Gasteiger partial charge is 0.150 e. The van der Waals surface area contributed by atoms with Gasteiger partial charge in [0.2, 0.25) is 0 Å². The third kappa shape index (κ3) is 1.89. The van der Waals surface area contributed by atoms with E-state index in [1.807, 2.05) is 36.4 Å². The summed E-state index contributed by atoms with van der Waals surface area (Å²) in [6.45, 7) is 2.10. The minimum Gasteiger partial charge on any atom is -0.478 e. The van der Waals surface area contributed by atoms with E-state index in [0.717, 1.165) is 38.8 Å². The van der Waals surface area contributed by atoms with Crippen molar-refractivity contribution in [1.82, 2.24) is 0 Å². The molecule has 2 nitrogen and oxygen atoms in total. The molecule has 0 saturated heterocycles. The van der Waals surface area contributed by atoms with Gasteiger partial charge in [0.15, 0.2) is 0 Å². The lowest BCUT2D eigenvalue weighted by Gasteiger charge is -2.32. The average molecular weight is 312 g/mol. The predicted octanol–water partition coefficient (Wildman–Crippen LogP) is 5.91. The van der Waals surface area contributed by atoms with Crippen molar-refractivity contribution >= 4 is 28.0 Å². The Labute approximate surface area is 140 Å². The van der Waals surface area contributed by atoms with Crippen molar-refractivity contribution in [1.29, 1.82) is 0 Å². The van der Waals surface area contributed by atoms with Crippen LogP contribution < -0.4 is 4.74 Å². The molecule has 2 heterocycles. The summed E-state index contributed by atoms with van der Waals surface area (Å²) in [5.41, 5.74) is 3.54. The van der Waals surface area contributed by atoms with Crippen LogP contribution >= 0.6 is 0 Å². The van der Waals surface area contributed by atoms with Crippen molar-refractivity contribution in [2.75, 3.05) is 0 Å². The number of hydrogen-bond acceptors (Lipinski definition) is 2. The van der Waals surface area contributed by atoms with Gasteiger partial charge in [-0.05, 0) is 36.8 Å². The molecule has 1 aliphatic heterocycles. The molecule has 0 aliphatic carbocycles. The second-order valence-corrected chi connectivity index (χ2v) is 6.39. The summed E-state index contributed by atoms with van der Waals surface area (Å²) in [7, 11) is 0. The first-order valence-electron chi connectivity index (χ1n) is 8.12. The molecule has 3 aromatic carbocycles. The Hall–Kier alpha value is -3.00. The van der Waals surface area contributed by atoms with Crippen molar-refractivity contribution in [3.05, 3.63) is 83.9 Å². The van der Waals surface area contributed by atoms with Crippen LogP contribution in [-0.4, -0.2) is 0 Å². The highest BCUT2D eigenvalue weighted by Gasteiger charge is 2.30. The standard InChI is InChI=1S/C22H16O2/c1-22(16-7-3-2-4-8-16)12-11-15-13-21-18(14-20(15)24-22)17-9-5-6-10-19(17)23-21/h2-14H,1H3. The Morgan fingerprint density at radius 1 is 0.792 bits per heavy atom. The third-order valence-electron chi connectivity index (χ3n) is 4.76. The SMILES string of the molecule is CC1(c2ccccc2)C=Cc2cc3oc4ccccc4c3cc2O1. The van der Waals surface area contributed by atoms with Crippen LogP contribution in [0.2, 0.25) is 0 Å². The summed E-state index contributed by atoms with van der Waals surface area (Å²) < 4.78 is 12.4. The first-order valence-corrected chi connectivity index (χ1v) is 8.12. The van der Waals surface area contributed by atoms with Gasteiger partial charge in [-0.3, -0.25) is 0 Å². The molecule has 1 aliphatic rings.